The van der Waals surface area contributed by atoms with Crippen molar-refractivity contribution < 1.29 is 4.79 Å². The average Bonchev–Trinajstić information content (AvgIpc) is 2.86. The molecule has 0 unspecified atom stereocenters. The third kappa shape index (κ3) is 5.59. The third-order valence-corrected chi connectivity index (χ3v) is 5.39. The van der Waals surface area contributed by atoms with Crippen molar-refractivity contribution in [2.45, 2.75) is 27.7 Å². The van der Waals surface area contributed by atoms with Gasteiger partial charge in [-0.05, 0) is 61.4 Å². The van der Waals surface area contributed by atoms with Crippen molar-refractivity contribution in [2.75, 3.05) is 10.6 Å². The summed E-state index contributed by atoms with van der Waals surface area (Å²) in [7, 11) is 1.71. The third-order valence-electron chi connectivity index (χ3n) is 5.39. The maximum atomic E-state index is 12.7. The van der Waals surface area contributed by atoms with Crippen LogP contribution in [0.15, 0.2) is 83.8 Å². The fraction of sp³-hybridized carbons (Fsp3) is 0.179. The molecule has 6 heteroatoms. The number of nitrogens with zero attached hydrogens (tertiary/aromatic N) is 2. The van der Waals surface area contributed by atoms with Gasteiger partial charge in [-0.15, -0.1) is 0 Å². The molecule has 4 aromatic rings. The molecule has 0 spiro atoms. The number of hydrogen-bond acceptors (Lipinski definition) is 4. The number of aryl methyl sites for hydroxylation is 2. The van der Waals surface area contributed by atoms with E-state index >= 15 is 0 Å². The van der Waals surface area contributed by atoms with Crippen LogP contribution in [0.5, 0.6) is 0 Å². The molecule has 1 amide bonds. The van der Waals surface area contributed by atoms with Gasteiger partial charge in [-0.25, -0.2) is 4.98 Å². The van der Waals surface area contributed by atoms with Gasteiger partial charge in [0.05, 0.1) is 5.69 Å². The lowest BCUT2D eigenvalue weighted by Crippen LogP contribution is -2.21. The summed E-state index contributed by atoms with van der Waals surface area (Å²) >= 11 is 0. The number of hydrogen-bond donors (Lipinski definition) is 2. The highest BCUT2D eigenvalue weighted by atomic mass is 16.1. The molecule has 34 heavy (non-hydrogen) atoms. The molecule has 0 radical (unpaired) electrons. The highest BCUT2D eigenvalue weighted by Gasteiger charge is 2.12. The Morgan fingerprint density at radius 3 is 2.21 bits per heavy atom. The minimum absolute atomic E-state index is 0.200. The molecule has 0 fully saturated rings. The van der Waals surface area contributed by atoms with Gasteiger partial charge < -0.3 is 15.2 Å². The molecule has 1 aromatic heterocycles. The number of carbonyl (C=O) groups is 1. The molecule has 0 saturated carbocycles. The molecule has 1 heterocycles. The SMILES string of the molecule is CC.Cc1cccc(-c2cn(C)c(=O)c(Nc3ccc(C(=O)Nc4ccccc4)cc3)n2)c1C. The number of para-hydroxylation sites is 1. The number of nitrogens with one attached hydrogen (secondary N) is 2. The number of benzene rings is 3. The maximum Gasteiger partial charge on any atom is 0.293 e. The van der Waals surface area contributed by atoms with E-state index in [0.717, 1.165) is 28.1 Å². The van der Waals surface area contributed by atoms with Gasteiger partial charge in [-0.2, -0.15) is 0 Å². The summed E-state index contributed by atoms with van der Waals surface area (Å²) < 4.78 is 1.52. The van der Waals surface area contributed by atoms with E-state index in [-0.39, 0.29) is 17.3 Å². The number of amides is 1. The van der Waals surface area contributed by atoms with E-state index in [0.29, 0.717) is 11.3 Å². The Balaban J connectivity index is 0.00000158. The molecule has 3 aromatic carbocycles. The molecule has 0 aliphatic carbocycles. The van der Waals surface area contributed by atoms with Crippen LogP contribution in [0.2, 0.25) is 0 Å². The van der Waals surface area contributed by atoms with Crippen LogP contribution < -0.4 is 16.2 Å². The predicted molar refractivity (Wildman–Crippen MR) is 140 cm³/mol. The summed E-state index contributed by atoms with van der Waals surface area (Å²) in [5.74, 6) is 0.0288. The molecule has 6 nitrogen and oxygen atoms in total. The number of anilines is 3. The molecule has 0 aliphatic heterocycles. The number of aromatic nitrogens is 2. The van der Waals surface area contributed by atoms with E-state index in [1.54, 1.807) is 37.5 Å². The summed E-state index contributed by atoms with van der Waals surface area (Å²) in [5.41, 5.74) is 5.68. The topological polar surface area (TPSA) is 76.0 Å². The lowest BCUT2D eigenvalue weighted by Gasteiger charge is -2.12. The lowest BCUT2D eigenvalue weighted by atomic mass is 10.0. The van der Waals surface area contributed by atoms with Crippen molar-refractivity contribution in [2.24, 2.45) is 7.05 Å². The van der Waals surface area contributed by atoms with Crippen molar-refractivity contribution in [1.82, 2.24) is 9.55 Å². The summed E-state index contributed by atoms with van der Waals surface area (Å²) in [4.78, 5) is 29.7. The molecule has 0 bridgehead atoms. The van der Waals surface area contributed by atoms with Gasteiger partial charge in [0, 0.05) is 35.7 Å². The van der Waals surface area contributed by atoms with E-state index in [2.05, 4.69) is 28.6 Å². The van der Waals surface area contributed by atoms with Crippen molar-refractivity contribution in [3.63, 3.8) is 0 Å². The molecule has 174 valence electrons. The zero-order chi connectivity index (χ0) is 24.7. The quantitative estimate of drug-likeness (QED) is 0.383. The number of rotatable bonds is 5. The van der Waals surface area contributed by atoms with Crippen molar-refractivity contribution >= 4 is 23.1 Å². The van der Waals surface area contributed by atoms with Crippen molar-refractivity contribution in [3.8, 4) is 11.3 Å². The van der Waals surface area contributed by atoms with Gasteiger partial charge in [-0.1, -0.05) is 50.2 Å². The highest BCUT2D eigenvalue weighted by Crippen LogP contribution is 2.24. The molecule has 0 saturated heterocycles. The van der Waals surface area contributed by atoms with Gasteiger partial charge >= 0.3 is 0 Å². The van der Waals surface area contributed by atoms with Crippen LogP contribution in [0.1, 0.15) is 35.3 Å². The van der Waals surface area contributed by atoms with Crippen molar-refractivity contribution in [1.29, 1.82) is 0 Å². The van der Waals surface area contributed by atoms with Gasteiger partial charge in [0.2, 0.25) is 0 Å². The summed E-state index contributed by atoms with van der Waals surface area (Å²) in [6.45, 7) is 8.10. The Kier molecular flexibility index (Phi) is 7.98. The Morgan fingerprint density at radius 1 is 0.853 bits per heavy atom. The fourth-order valence-corrected chi connectivity index (χ4v) is 3.41. The second-order valence-electron chi connectivity index (χ2n) is 7.66. The zero-order valence-electron chi connectivity index (χ0n) is 20.2. The van der Waals surface area contributed by atoms with Crippen molar-refractivity contribution in [3.05, 3.63) is 106 Å². The minimum Gasteiger partial charge on any atom is -0.336 e. The van der Waals surface area contributed by atoms with E-state index in [4.69, 9.17) is 0 Å². The standard InChI is InChI=1S/C26H24N4O2.C2H6/c1-17-8-7-11-22(18(17)2)23-16-30(3)26(32)24(29-23)27-21-14-12-19(13-15-21)25(31)28-20-9-5-4-6-10-20;1-2/h4-16H,1-3H3,(H,27,29)(H,28,31);1-2H3. The Hall–Kier alpha value is -4.19. The minimum atomic E-state index is -0.232. The molecule has 0 atom stereocenters. The van der Waals surface area contributed by atoms with Crippen LogP contribution in [0, 0.1) is 13.8 Å². The Bertz CT molecular complexity index is 1330. The van der Waals surface area contributed by atoms with Gasteiger partial charge in [0.25, 0.3) is 11.5 Å². The Morgan fingerprint density at radius 2 is 1.53 bits per heavy atom. The van der Waals surface area contributed by atoms with E-state index < -0.39 is 0 Å². The normalized spacial score (nSPS) is 10.1. The first kappa shape index (κ1) is 24.5. The van der Waals surface area contributed by atoms with Gasteiger partial charge in [-0.3, -0.25) is 9.59 Å². The first-order valence-corrected chi connectivity index (χ1v) is 11.3. The predicted octanol–water partition coefficient (Wildman–Crippen LogP) is 6.09. The second-order valence-corrected chi connectivity index (χ2v) is 7.66. The van der Waals surface area contributed by atoms with E-state index in [1.807, 2.05) is 63.2 Å². The van der Waals surface area contributed by atoms with Crippen LogP contribution in [0.4, 0.5) is 17.2 Å². The lowest BCUT2D eigenvalue weighted by molar-refractivity contribution is 0.102. The monoisotopic (exact) mass is 454 g/mol. The van der Waals surface area contributed by atoms with E-state index in [9.17, 15) is 9.59 Å². The van der Waals surface area contributed by atoms with Gasteiger partial charge in [0.1, 0.15) is 0 Å². The summed E-state index contributed by atoms with van der Waals surface area (Å²) in [6.07, 6.45) is 1.74. The van der Waals surface area contributed by atoms with Gasteiger partial charge in [0.15, 0.2) is 5.82 Å². The first-order chi connectivity index (χ1) is 16.4. The zero-order valence-corrected chi connectivity index (χ0v) is 20.2. The summed E-state index contributed by atoms with van der Waals surface area (Å²) in [6, 6.07) is 22.2. The number of carbonyl (C=O) groups excluding carboxylic acids is 1. The smallest absolute Gasteiger partial charge is 0.293 e. The summed E-state index contributed by atoms with van der Waals surface area (Å²) in [5, 5.41) is 5.95. The average molecular weight is 455 g/mol. The van der Waals surface area contributed by atoms with Crippen LogP contribution in [0.25, 0.3) is 11.3 Å². The maximum absolute atomic E-state index is 12.7. The second kappa shape index (κ2) is 11.1. The fourth-order valence-electron chi connectivity index (χ4n) is 3.41. The molecule has 4 rings (SSSR count). The largest absolute Gasteiger partial charge is 0.336 e. The van der Waals surface area contributed by atoms with Crippen LogP contribution in [0.3, 0.4) is 0 Å². The molecule has 0 aliphatic rings. The van der Waals surface area contributed by atoms with Crippen LogP contribution in [-0.2, 0) is 7.05 Å². The molecule has 2 N–H and O–H groups in total. The molecular weight excluding hydrogens is 424 g/mol. The van der Waals surface area contributed by atoms with E-state index in [1.165, 1.54) is 4.57 Å². The Labute approximate surface area is 200 Å². The molecular formula is C28H30N4O2. The van der Waals surface area contributed by atoms with Crippen LogP contribution in [-0.4, -0.2) is 15.5 Å². The first-order valence-electron chi connectivity index (χ1n) is 11.3. The van der Waals surface area contributed by atoms with Crippen LogP contribution >= 0.6 is 0 Å². The highest BCUT2D eigenvalue weighted by molar-refractivity contribution is 6.04.